The molecule has 2 rings (SSSR count). The molecule has 0 spiro atoms. The Morgan fingerprint density at radius 1 is 1.35 bits per heavy atom. The molecule has 2 heterocycles. The van der Waals surface area contributed by atoms with Crippen LogP contribution in [0.2, 0.25) is 0 Å². The largest absolute Gasteiger partial charge is 0.338 e. The molecule has 2 saturated heterocycles. The summed E-state index contributed by atoms with van der Waals surface area (Å²) >= 11 is 0. The van der Waals surface area contributed by atoms with E-state index in [1.54, 1.807) is 0 Å². The molecule has 3 heteroatoms. The van der Waals surface area contributed by atoms with E-state index >= 15 is 0 Å². The number of carbonyl (C=O) groups excluding carboxylic acids is 1. The first-order chi connectivity index (χ1) is 8.33. The van der Waals surface area contributed by atoms with Crippen molar-refractivity contribution in [2.45, 2.75) is 57.0 Å². The summed E-state index contributed by atoms with van der Waals surface area (Å²) in [6.45, 7) is 5.77. The second-order valence-corrected chi connectivity index (χ2v) is 5.18. The minimum Gasteiger partial charge on any atom is -0.338 e. The van der Waals surface area contributed by atoms with Gasteiger partial charge < -0.3 is 10.2 Å². The van der Waals surface area contributed by atoms with E-state index in [0.29, 0.717) is 24.4 Å². The predicted molar refractivity (Wildman–Crippen MR) is 69.8 cm³/mol. The first kappa shape index (κ1) is 12.6. The molecule has 0 aromatic heterocycles. The lowest BCUT2D eigenvalue weighted by Gasteiger charge is -2.39. The molecule has 0 radical (unpaired) electrons. The molecule has 0 bridgehead atoms. The third-order valence-corrected chi connectivity index (χ3v) is 3.99. The fourth-order valence-corrected chi connectivity index (χ4v) is 3.09. The van der Waals surface area contributed by atoms with E-state index in [9.17, 15) is 4.79 Å². The number of amides is 1. The Morgan fingerprint density at radius 3 is 2.94 bits per heavy atom. The fourth-order valence-electron chi connectivity index (χ4n) is 3.09. The zero-order chi connectivity index (χ0) is 12.1. The van der Waals surface area contributed by atoms with Gasteiger partial charge in [0.2, 0.25) is 5.91 Å². The number of rotatable bonds is 4. The lowest BCUT2D eigenvalue weighted by Crippen LogP contribution is -2.52. The van der Waals surface area contributed by atoms with Gasteiger partial charge in [-0.05, 0) is 45.1 Å². The van der Waals surface area contributed by atoms with Crippen molar-refractivity contribution in [3.8, 4) is 0 Å². The lowest BCUT2D eigenvalue weighted by molar-refractivity contribution is -0.135. The van der Waals surface area contributed by atoms with Gasteiger partial charge >= 0.3 is 0 Å². The average molecular weight is 236 g/mol. The van der Waals surface area contributed by atoms with Gasteiger partial charge in [0.25, 0.3) is 0 Å². The van der Waals surface area contributed by atoms with Crippen molar-refractivity contribution in [2.75, 3.05) is 13.1 Å². The van der Waals surface area contributed by atoms with Gasteiger partial charge in [0, 0.05) is 25.0 Å². The predicted octanol–water partition coefficient (Wildman–Crippen LogP) is 2.09. The molecule has 3 nitrogen and oxygen atoms in total. The number of hydrogen-bond acceptors (Lipinski definition) is 2. The van der Waals surface area contributed by atoms with Crippen molar-refractivity contribution in [1.82, 2.24) is 10.2 Å². The van der Waals surface area contributed by atoms with E-state index in [1.165, 1.54) is 32.1 Å². The fraction of sp³-hybridized carbons (Fsp3) is 0.786. The van der Waals surface area contributed by atoms with Gasteiger partial charge in [-0.2, -0.15) is 0 Å². The summed E-state index contributed by atoms with van der Waals surface area (Å²) in [6, 6.07) is 0.992. The van der Waals surface area contributed by atoms with Crippen molar-refractivity contribution >= 4 is 5.91 Å². The zero-order valence-corrected chi connectivity index (χ0v) is 10.7. The Kier molecular flexibility index (Phi) is 4.60. The normalized spacial score (nSPS) is 29.3. The number of carbonyl (C=O) groups is 1. The maximum atomic E-state index is 12.2. The second-order valence-electron chi connectivity index (χ2n) is 5.18. The summed E-state index contributed by atoms with van der Waals surface area (Å²) in [5, 5.41) is 3.55. The molecule has 1 amide bonds. The Labute approximate surface area is 104 Å². The van der Waals surface area contributed by atoms with Gasteiger partial charge in [-0.3, -0.25) is 4.79 Å². The molecule has 17 heavy (non-hydrogen) atoms. The molecule has 96 valence electrons. The van der Waals surface area contributed by atoms with E-state index in [0.717, 1.165) is 19.5 Å². The number of hydrogen-bond donors (Lipinski definition) is 1. The highest BCUT2D eigenvalue weighted by Gasteiger charge is 2.33. The average Bonchev–Trinajstić information content (AvgIpc) is 2.89. The minimum absolute atomic E-state index is 0.322. The SMILES string of the molecule is C=CCCC(=O)N1CCCCC1C1CCCN1. The molecule has 0 aromatic carbocycles. The molecule has 0 saturated carbocycles. The molecule has 0 aliphatic carbocycles. The maximum absolute atomic E-state index is 12.2. The standard InChI is InChI=1S/C14H24N2O/c1-2-3-9-14(17)16-11-5-4-8-13(16)12-7-6-10-15-12/h2,12-13,15H,1,3-11H2. The van der Waals surface area contributed by atoms with Gasteiger partial charge in [0.15, 0.2) is 0 Å². The van der Waals surface area contributed by atoms with E-state index in [2.05, 4.69) is 16.8 Å². The summed E-state index contributed by atoms with van der Waals surface area (Å²) < 4.78 is 0. The third-order valence-electron chi connectivity index (χ3n) is 3.99. The number of nitrogens with one attached hydrogen (secondary N) is 1. The summed E-state index contributed by atoms with van der Waals surface area (Å²) in [5.74, 6) is 0.322. The Hall–Kier alpha value is -0.830. The van der Waals surface area contributed by atoms with Crippen molar-refractivity contribution in [1.29, 1.82) is 0 Å². The molecule has 0 aromatic rings. The Morgan fingerprint density at radius 2 is 2.24 bits per heavy atom. The van der Waals surface area contributed by atoms with Crippen LogP contribution in [-0.2, 0) is 4.79 Å². The number of piperidine rings is 1. The van der Waals surface area contributed by atoms with Crippen LogP contribution >= 0.6 is 0 Å². The van der Waals surface area contributed by atoms with E-state index < -0.39 is 0 Å². The molecule has 1 N–H and O–H groups in total. The Bertz CT molecular complexity index is 271. The van der Waals surface area contributed by atoms with Crippen molar-refractivity contribution in [3.63, 3.8) is 0 Å². The van der Waals surface area contributed by atoms with Crippen LogP contribution in [-0.4, -0.2) is 36.0 Å². The van der Waals surface area contributed by atoms with Gasteiger partial charge in [-0.25, -0.2) is 0 Å². The third kappa shape index (κ3) is 3.09. The van der Waals surface area contributed by atoms with Crippen LogP contribution in [0, 0.1) is 0 Å². The smallest absolute Gasteiger partial charge is 0.223 e. The monoisotopic (exact) mass is 236 g/mol. The second kappa shape index (κ2) is 6.20. The van der Waals surface area contributed by atoms with Gasteiger partial charge in [-0.15, -0.1) is 6.58 Å². The first-order valence-corrected chi connectivity index (χ1v) is 6.96. The van der Waals surface area contributed by atoms with Crippen molar-refractivity contribution in [3.05, 3.63) is 12.7 Å². The highest BCUT2D eigenvalue weighted by atomic mass is 16.2. The summed E-state index contributed by atoms with van der Waals surface area (Å²) in [6.07, 6.45) is 9.39. The van der Waals surface area contributed by atoms with E-state index in [-0.39, 0.29) is 0 Å². The molecule has 2 atom stereocenters. The van der Waals surface area contributed by atoms with Crippen LogP contribution < -0.4 is 5.32 Å². The van der Waals surface area contributed by atoms with Crippen LogP contribution in [0.4, 0.5) is 0 Å². The zero-order valence-electron chi connectivity index (χ0n) is 10.7. The number of nitrogens with zero attached hydrogens (tertiary/aromatic N) is 1. The van der Waals surface area contributed by atoms with Crippen LogP contribution in [0.1, 0.15) is 44.9 Å². The molecule has 2 aliphatic heterocycles. The number of allylic oxidation sites excluding steroid dienone is 1. The minimum atomic E-state index is 0.322. The highest BCUT2D eigenvalue weighted by Crippen LogP contribution is 2.25. The Balaban J connectivity index is 1.95. The quantitative estimate of drug-likeness (QED) is 0.758. The molecule has 2 unspecified atom stereocenters. The summed E-state index contributed by atoms with van der Waals surface area (Å²) in [4.78, 5) is 14.3. The van der Waals surface area contributed by atoms with Crippen molar-refractivity contribution in [2.24, 2.45) is 0 Å². The van der Waals surface area contributed by atoms with Gasteiger partial charge in [-0.1, -0.05) is 6.08 Å². The van der Waals surface area contributed by atoms with Crippen molar-refractivity contribution < 1.29 is 4.79 Å². The molecule has 2 aliphatic rings. The van der Waals surface area contributed by atoms with Crippen LogP contribution in [0.3, 0.4) is 0 Å². The van der Waals surface area contributed by atoms with E-state index in [4.69, 9.17) is 0 Å². The van der Waals surface area contributed by atoms with Crippen LogP contribution in [0.25, 0.3) is 0 Å². The van der Waals surface area contributed by atoms with Gasteiger partial charge in [0.1, 0.15) is 0 Å². The van der Waals surface area contributed by atoms with Crippen LogP contribution in [0.15, 0.2) is 12.7 Å². The highest BCUT2D eigenvalue weighted by molar-refractivity contribution is 5.76. The molecular weight excluding hydrogens is 212 g/mol. The summed E-state index contributed by atoms with van der Waals surface area (Å²) in [7, 11) is 0. The van der Waals surface area contributed by atoms with E-state index in [1.807, 2.05) is 6.08 Å². The number of likely N-dealkylation sites (tertiary alicyclic amines) is 1. The summed E-state index contributed by atoms with van der Waals surface area (Å²) in [5.41, 5.74) is 0. The lowest BCUT2D eigenvalue weighted by atomic mass is 9.94. The van der Waals surface area contributed by atoms with Crippen LogP contribution in [0.5, 0.6) is 0 Å². The maximum Gasteiger partial charge on any atom is 0.223 e. The molecule has 2 fully saturated rings. The first-order valence-electron chi connectivity index (χ1n) is 6.96. The molecular formula is C14H24N2O. The topological polar surface area (TPSA) is 32.3 Å². The van der Waals surface area contributed by atoms with Gasteiger partial charge in [0.05, 0.1) is 0 Å².